The van der Waals surface area contributed by atoms with Crippen LogP contribution in [0.25, 0.3) is 0 Å². The minimum absolute atomic E-state index is 0.232. The molecule has 2 rings (SSSR count). The van der Waals surface area contributed by atoms with Crippen molar-refractivity contribution in [1.82, 2.24) is 10.6 Å². The van der Waals surface area contributed by atoms with E-state index in [-0.39, 0.29) is 11.8 Å². The molecule has 0 saturated carbocycles. The number of carbonyl (C=O) groups excluding carboxylic acids is 2. The Hall–Kier alpha value is -3.02. The van der Waals surface area contributed by atoms with E-state index in [0.29, 0.717) is 60.8 Å². The van der Waals surface area contributed by atoms with Crippen LogP contribution in [0.2, 0.25) is 0 Å². The van der Waals surface area contributed by atoms with Crippen LogP contribution in [0.5, 0.6) is 11.5 Å². The van der Waals surface area contributed by atoms with Gasteiger partial charge < -0.3 is 20.1 Å². The van der Waals surface area contributed by atoms with E-state index in [0.717, 1.165) is 0 Å². The molecule has 0 fully saturated rings. The number of nitrogens with one attached hydrogen (secondary N) is 2. The molecule has 0 saturated heterocycles. The van der Waals surface area contributed by atoms with Crippen molar-refractivity contribution in [3.63, 3.8) is 0 Å². The summed E-state index contributed by atoms with van der Waals surface area (Å²) in [5, 5.41) is 5.65. The second kappa shape index (κ2) is 11.9. The Morgan fingerprint density at radius 3 is 1.43 bits per heavy atom. The highest BCUT2D eigenvalue weighted by Crippen LogP contribution is 2.19. The zero-order valence-corrected chi connectivity index (χ0v) is 18.2. The van der Waals surface area contributed by atoms with E-state index in [2.05, 4.69) is 38.3 Å². The van der Waals surface area contributed by atoms with Crippen molar-refractivity contribution in [2.75, 3.05) is 26.3 Å². The average Bonchev–Trinajstić information content (AvgIpc) is 2.73. The number of hydrogen-bond donors (Lipinski definition) is 2. The van der Waals surface area contributed by atoms with Crippen LogP contribution in [0.15, 0.2) is 48.5 Å². The zero-order chi connectivity index (χ0) is 21.9. The molecule has 0 radical (unpaired) electrons. The fraction of sp³-hybridized carbons (Fsp3) is 0.417. The molecular formula is C24H32N2O4. The summed E-state index contributed by atoms with van der Waals surface area (Å²) in [7, 11) is 0. The maximum absolute atomic E-state index is 12.5. The molecule has 0 aliphatic rings. The molecule has 30 heavy (non-hydrogen) atoms. The Labute approximate surface area is 179 Å². The lowest BCUT2D eigenvalue weighted by molar-refractivity contribution is 0.0922. The Morgan fingerprint density at radius 2 is 1.07 bits per heavy atom. The highest BCUT2D eigenvalue weighted by molar-refractivity contribution is 5.98. The van der Waals surface area contributed by atoms with E-state index in [4.69, 9.17) is 9.47 Å². The molecule has 2 aromatic carbocycles. The summed E-state index contributed by atoms with van der Waals surface area (Å²) in [6.07, 6.45) is 0. The summed E-state index contributed by atoms with van der Waals surface area (Å²) >= 11 is 0. The number of ether oxygens (including phenoxy) is 2. The topological polar surface area (TPSA) is 76.7 Å². The normalized spacial score (nSPS) is 10.7. The highest BCUT2D eigenvalue weighted by atomic mass is 16.5. The molecule has 0 atom stereocenters. The standard InChI is InChI=1S/C24H32N2O4/c1-17(2)15-29-21-11-7-5-9-19(21)23(27)25-13-14-26-24(28)20-10-6-8-12-22(20)30-16-18(3)4/h5-12,17-18H,13-16H2,1-4H3,(H,25,27)(H,26,28). The molecular weight excluding hydrogens is 380 g/mol. The number of hydrogen-bond acceptors (Lipinski definition) is 4. The van der Waals surface area contributed by atoms with Crippen molar-refractivity contribution in [3.8, 4) is 11.5 Å². The molecule has 0 unspecified atom stereocenters. The minimum Gasteiger partial charge on any atom is -0.492 e. The smallest absolute Gasteiger partial charge is 0.255 e. The quantitative estimate of drug-likeness (QED) is 0.549. The molecule has 2 N–H and O–H groups in total. The minimum atomic E-state index is -0.232. The van der Waals surface area contributed by atoms with Gasteiger partial charge in [-0.25, -0.2) is 0 Å². The number of para-hydroxylation sites is 2. The Balaban J connectivity index is 1.86. The highest BCUT2D eigenvalue weighted by Gasteiger charge is 2.14. The van der Waals surface area contributed by atoms with Crippen molar-refractivity contribution < 1.29 is 19.1 Å². The number of amides is 2. The third-order valence-electron chi connectivity index (χ3n) is 4.10. The van der Waals surface area contributed by atoms with Crippen LogP contribution in [-0.4, -0.2) is 38.1 Å². The van der Waals surface area contributed by atoms with Gasteiger partial charge in [-0.2, -0.15) is 0 Å². The molecule has 0 aromatic heterocycles. The Kier molecular flexibility index (Phi) is 9.19. The largest absolute Gasteiger partial charge is 0.492 e. The van der Waals surface area contributed by atoms with Gasteiger partial charge in [-0.05, 0) is 36.1 Å². The first-order valence-electron chi connectivity index (χ1n) is 10.4. The van der Waals surface area contributed by atoms with Crippen molar-refractivity contribution in [2.45, 2.75) is 27.7 Å². The fourth-order valence-corrected chi connectivity index (χ4v) is 2.62. The lowest BCUT2D eigenvalue weighted by Crippen LogP contribution is -2.35. The molecule has 162 valence electrons. The number of carbonyl (C=O) groups is 2. The zero-order valence-electron chi connectivity index (χ0n) is 18.2. The van der Waals surface area contributed by atoms with Crippen LogP contribution >= 0.6 is 0 Å². The summed E-state index contributed by atoms with van der Waals surface area (Å²) in [6.45, 7) is 9.90. The second-order valence-corrected chi connectivity index (χ2v) is 7.91. The van der Waals surface area contributed by atoms with E-state index in [1.54, 1.807) is 36.4 Å². The van der Waals surface area contributed by atoms with E-state index < -0.39 is 0 Å². The molecule has 0 aliphatic carbocycles. The molecule has 2 amide bonds. The van der Waals surface area contributed by atoms with E-state index in [1.807, 2.05) is 12.1 Å². The molecule has 2 aromatic rings. The molecule has 0 heterocycles. The monoisotopic (exact) mass is 412 g/mol. The van der Waals surface area contributed by atoms with Crippen LogP contribution in [-0.2, 0) is 0 Å². The fourth-order valence-electron chi connectivity index (χ4n) is 2.62. The summed E-state index contributed by atoms with van der Waals surface area (Å²) < 4.78 is 11.5. The summed E-state index contributed by atoms with van der Waals surface area (Å²) in [5.74, 6) is 1.38. The number of rotatable bonds is 11. The first-order chi connectivity index (χ1) is 14.4. The first-order valence-corrected chi connectivity index (χ1v) is 10.4. The third kappa shape index (κ3) is 7.43. The van der Waals surface area contributed by atoms with Gasteiger partial charge in [0, 0.05) is 13.1 Å². The van der Waals surface area contributed by atoms with E-state index >= 15 is 0 Å². The van der Waals surface area contributed by atoms with Crippen LogP contribution < -0.4 is 20.1 Å². The molecule has 6 heteroatoms. The van der Waals surface area contributed by atoms with Gasteiger partial charge in [-0.15, -0.1) is 0 Å². The SMILES string of the molecule is CC(C)COc1ccccc1C(=O)NCCNC(=O)c1ccccc1OCC(C)C. The lowest BCUT2D eigenvalue weighted by Gasteiger charge is -2.14. The predicted molar refractivity (Wildman–Crippen MR) is 118 cm³/mol. The molecule has 0 bridgehead atoms. The number of benzene rings is 2. The van der Waals surface area contributed by atoms with Gasteiger partial charge in [0.05, 0.1) is 24.3 Å². The van der Waals surface area contributed by atoms with Crippen molar-refractivity contribution >= 4 is 11.8 Å². The van der Waals surface area contributed by atoms with Crippen LogP contribution in [0.1, 0.15) is 48.4 Å². The van der Waals surface area contributed by atoms with Gasteiger partial charge in [-0.1, -0.05) is 52.0 Å². The Bertz CT molecular complexity index is 764. The average molecular weight is 413 g/mol. The Morgan fingerprint density at radius 1 is 0.700 bits per heavy atom. The van der Waals surface area contributed by atoms with Gasteiger partial charge in [0.15, 0.2) is 0 Å². The summed E-state index contributed by atoms with van der Waals surface area (Å²) in [4.78, 5) is 25.0. The third-order valence-corrected chi connectivity index (χ3v) is 4.10. The summed E-state index contributed by atoms with van der Waals surface area (Å²) in [6, 6.07) is 14.3. The van der Waals surface area contributed by atoms with E-state index in [9.17, 15) is 9.59 Å². The maximum Gasteiger partial charge on any atom is 0.255 e. The lowest BCUT2D eigenvalue weighted by atomic mass is 10.1. The van der Waals surface area contributed by atoms with Crippen LogP contribution in [0.4, 0.5) is 0 Å². The van der Waals surface area contributed by atoms with Gasteiger partial charge in [0.1, 0.15) is 11.5 Å². The maximum atomic E-state index is 12.5. The van der Waals surface area contributed by atoms with Crippen molar-refractivity contribution in [2.24, 2.45) is 11.8 Å². The van der Waals surface area contributed by atoms with Gasteiger partial charge in [-0.3, -0.25) is 9.59 Å². The van der Waals surface area contributed by atoms with Gasteiger partial charge in [0.25, 0.3) is 11.8 Å². The van der Waals surface area contributed by atoms with Crippen molar-refractivity contribution in [3.05, 3.63) is 59.7 Å². The molecule has 0 aliphatic heterocycles. The second-order valence-electron chi connectivity index (χ2n) is 7.91. The first kappa shape index (κ1) is 23.3. The van der Waals surface area contributed by atoms with Crippen LogP contribution in [0.3, 0.4) is 0 Å². The van der Waals surface area contributed by atoms with Crippen molar-refractivity contribution in [1.29, 1.82) is 0 Å². The molecule has 6 nitrogen and oxygen atoms in total. The predicted octanol–water partition coefficient (Wildman–Crippen LogP) is 3.92. The van der Waals surface area contributed by atoms with E-state index in [1.165, 1.54) is 0 Å². The van der Waals surface area contributed by atoms with Gasteiger partial charge >= 0.3 is 0 Å². The molecule has 0 spiro atoms. The summed E-state index contributed by atoms with van der Waals surface area (Å²) in [5.41, 5.74) is 0.966. The van der Waals surface area contributed by atoms with Gasteiger partial charge in [0.2, 0.25) is 0 Å². The van der Waals surface area contributed by atoms with Crippen LogP contribution in [0, 0.1) is 11.8 Å².